The van der Waals surface area contributed by atoms with E-state index in [1.54, 1.807) is 4.90 Å². The quantitative estimate of drug-likeness (QED) is 0.742. The standard InChI is InChI=1S/C12H21F3N2O2/c1-9(12(13,14)15)19-10(18)16-5-7-17(8-6-16)11(2,3)4/h9H,5-8H2,1-4H3/i5D,7D,9D. The second-order valence-corrected chi connectivity index (χ2v) is 5.28. The van der Waals surface area contributed by atoms with E-state index in [9.17, 15) is 18.0 Å². The van der Waals surface area contributed by atoms with Crippen LogP contribution in [0.5, 0.6) is 0 Å². The van der Waals surface area contributed by atoms with Crippen LogP contribution in [0, 0.1) is 0 Å². The number of amides is 1. The molecule has 1 saturated heterocycles. The highest BCUT2D eigenvalue weighted by Crippen LogP contribution is 2.23. The molecule has 1 rings (SSSR count). The minimum absolute atomic E-state index is 0.0341. The molecule has 1 heterocycles. The van der Waals surface area contributed by atoms with Crippen LogP contribution in [-0.4, -0.2) is 59.8 Å². The van der Waals surface area contributed by atoms with Crippen molar-refractivity contribution >= 4 is 6.09 Å². The van der Waals surface area contributed by atoms with Crippen molar-refractivity contribution in [3.8, 4) is 0 Å². The summed E-state index contributed by atoms with van der Waals surface area (Å²) in [6.45, 7) is 3.68. The normalized spacial score (nSPS) is 31.9. The molecule has 0 spiro atoms. The lowest BCUT2D eigenvalue weighted by atomic mass is 10.1. The van der Waals surface area contributed by atoms with E-state index in [4.69, 9.17) is 4.11 Å². The number of hydrogen-bond donors (Lipinski definition) is 0. The van der Waals surface area contributed by atoms with Crippen LogP contribution in [0.4, 0.5) is 18.0 Å². The minimum atomic E-state index is -5.03. The Hall–Kier alpha value is -0.980. The summed E-state index contributed by atoms with van der Waals surface area (Å²) in [6, 6.07) is 0. The second kappa shape index (κ2) is 5.56. The third-order valence-electron chi connectivity index (χ3n) is 2.74. The highest BCUT2D eigenvalue weighted by molar-refractivity contribution is 5.68. The van der Waals surface area contributed by atoms with Crippen LogP contribution >= 0.6 is 0 Å². The molecule has 1 aliphatic heterocycles. The maximum Gasteiger partial charge on any atom is 0.425 e. The number of carbonyl (C=O) groups is 1. The van der Waals surface area contributed by atoms with Crippen LogP contribution in [0.15, 0.2) is 0 Å². The topological polar surface area (TPSA) is 32.8 Å². The Morgan fingerprint density at radius 2 is 1.89 bits per heavy atom. The summed E-state index contributed by atoms with van der Waals surface area (Å²) in [7, 11) is 0. The van der Waals surface area contributed by atoms with Crippen molar-refractivity contribution in [3.63, 3.8) is 0 Å². The SMILES string of the molecule is [2H]C1C([2H])N(C(C)(C)C)CCN1C(=O)OC([2H])(C)C(F)(F)F. The van der Waals surface area contributed by atoms with Gasteiger partial charge >= 0.3 is 12.3 Å². The molecule has 0 bridgehead atoms. The van der Waals surface area contributed by atoms with Gasteiger partial charge in [-0.1, -0.05) is 0 Å². The van der Waals surface area contributed by atoms with Gasteiger partial charge < -0.3 is 9.64 Å². The highest BCUT2D eigenvalue weighted by Gasteiger charge is 2.40. The van der Waals surface area contributed by atoms with E-state index < -0.39 is 36.9 Å². The molecule has 3 atom stereocenters. The van der Waals surface area contributed by atoms with Crippen LogP contribution in [0.1, 0.15) is 31.8 Å². The first-order valence-corrected chi connectivity index (χ1v) is 5.86. The maximum absolute atomic E-state index is 12.6. The fraction of sp³-hybridized carbons (Fsp3) is 0.917. The predicted molar refractivity (Wildman–Crippen MR) is 64.9 cm³/mol. The van der Waals surface area contributed by atoms with E-state index >= 15 is 0 Å². The molecule has 0 aromatic carbocycles. The number of hydrogen-bond acceptors (Lipinski definition) is 3. The number of rotatable bonds is 1. The molecule has 0 aromatic rings. The average molecular weight is 285 g/mol. The Kier molecular flexibility index (Phi) is 3.46. The number of carbonyl (C=O) groups excluding carboxylic acids is 1. The Balaban J connectivity index is 2.82. The minimum Gasteiger partial charge on any atom is -0.437 e. The number of ether oxygens (including phenoxy) is 1. The van der Waals surface area contributed by atoms with Gasteiger partial charge in [-0.25, -0.2) is 4.79 Å². The van der Waals surface area contributed by atoms with Crippen molar-refractivity contribution in [2.24, 2.45) is 0 Å². The molecule has 0 aliphatic carbocycles. The first kappa shape index (κ1) is 11.8. The summed E-state index contributed by atoms with van der Waals surface area (Å²) < 4.78 is 64.9. The number of piperazine rings is 1. The summed E-state index contributed by atoms with van der Waals surface area (Å²) in [4.78, 5) is 14.3. The molecule has 0 saturated carbocycles. The second-order valence-electron chi connectivity index (χ2n) is 5.28. The van der Waals surface area contributed by atoms with Gasteiger partial charge in [-0.3, -0.25) is 4.90 Å². The molecule has 3 unspecified atom stereocenters. The zero-order valence-electron chi connectivity index (χ0n) is 14.4. The van der Waals surface area contributed by atoms with Crippen LogP contribution in [0.2, 0.25) is 0 Å². The van der Waals surface area contributed by atoms with Gasteiger partial charge in [-0.15, -0.1) is 0 Å². The van der Waals surface area contributed by atoms with E-state index in [0.717, 1.165) is 4.90 Å². The molecule has 1 amide bonds. The van der Waals surface area contributed by atoms with E-state index in [0.29, 0.717) is 6.92 Å². The van der Waals surface area contributed by atoms with Crippen molar-refractivity contribution in [1.82, 2.24) is 9.80 Å². The molecule has 4 nitrogen and oxygen atoms in total. The molecular formula is C12H21F3N2O2. The number of nitrogens with zero attached hydrogens (tertiary/aromatic N) is 2. The highest BCUT2D eigenvalue weighted by atomic mass is 19.4. The van der Waals surface area contributed by atoms with E-state index in [1.807, 2.05) is 20.8 Å². The number of alkyl halides is 3. The molecule has 112 valence electrons. The van der Waals surface area contributed by atoms with Crippen LogP contribution in [0.25, 0.3) is 0 Å². The largest absolute Gasteiger partial charge is 0.437 e. The fourth-order valence-corrected chi connectivity index (χ4v) is 1.48. The first-order valence-electron chi connectivity index (χ1n) is 7.51. The van der Waals surface area contributed by atoms with Crippen LogP contribution < -0.4 is 0 Å². The predicted octanol–water partition coefficient (Wildman–Crippen LogP) is 2.49. The van der Waals surface area contributed by atoms with Gasteiger partial charge in [0, 0.05) is 33.0 Å². The Bertz CT molecular complexity index is 427. The molecule has 0 N–H and O–H groups in total. The molecule has 7 heteroatoms. The molecule has 0 radical (unpaired) electrons. The van der Waals surface area contributed by atoms with Gasteiger partial charge in [-0.2, -0.15) is 13.2 Å². The molecule has 19 heavy (non-hydrogen) atoms. The Morgan fingerprint density at radius 1 is 1.32 bits per heavy atom. The van der Waals surface area contributed by atoms with Crippen molar-refractivity contribution in [3.05, 3.63) is 0 Å². The summed E-state index contributed by atoms with van der Waals surface area (Å²) in [5, 5.41) is 0. The molecule has 0 aromatic heterocycles. The van der Waals surface area contributed by atoms with Crippen molar-refractivity contribution in [1.29, 1.82) is 0 Å². The average Bonchev–Trinajstić information content (AvgIpc) is 2.28. The maximum atomic E-state index is 12.6. The lowest BCUT2D eigenvalue weighted by Gasteiger charge is -2.42. The Morgan fingerprint density at radius 3 is 2.37 bits per heavy atom. The summed E-state index contributed by atoms with van der Waals surface area (Å²) in [6.07, 6.45) is -9.82. The van der Waals surface area contributed by atoms with E-state index in [2.05, 4.69) is 4.74 Å². The van der Waals surface area contributed by atoms with Gasteiger partial charge in [-0.05, 0) is 27.7 Å². The zero-order valence-corrected chi connectivity index (χ0v) is 11.4. The first-order chi connectivity index (χ1) is 9.68. The van der Waals surface area contributed by atoms with Crippen molar-refractivity contribution in [2.75, 3.05) is 26.1 Å². The lowest BCUT2D eigenvalue weighted by Crippen LogP contribution is -2.55. The fourth-order valence-electron chi connectivity index (χ4n) is 1.48. The van der Waals surface area contributed by atoms with E-state index in [-0.39, 0.29) is 13.1 Å². The third-order valence-corrected chi connectivity index (χ3v) is 2.74. The zero-order chi connectivity index (χ0) is 17.5. The summed E-state index contributed by atoms with van der Waals surface area (Å²) in [5.74, 6) is 0. The van der Waals surface area contributed by atoms with Gasteiger partial charge in [0.25, 0.3) is 0 Å². The van der Waals surface area contributed by atoms with Crippen LogP contribution in [-0.2, 0) is 4.74 Å². The molecular weight excluding hydrogens is 261 g/mol. The van der Waals surface area contributed by atoms with Gasteiger partial charge in [0.05, 0.1) is 2.74 Å². The van der Waals surface area contributed by atoms with Crippen molar-refractivity contribution in [2.45, 2.75) is 45.5 Å². The van der Waals surface area contributed by atoms with E-state index in [1.165, 1.54) is 0 Å². The van der Waals surface area contributed by atoms with Gasteiger partial charge in [0.2, 0.25) is 0 Å². The van der Waals surface area contributed by atoms with Crippen molar-refractivity contribution < 1.29 is 26.8 Å². The molecule has 1 fully saturated rings. The van der Waals surface area contributed by atoms with Crippen LogP contribution in [0.3, 0.4) is 0 Å². The van der Waals surface area contributed by atoms with Gasteiger partial charge in [0.1, 0.15) is 0 Å². The Labute approximate surface area is 115 Å². The monoisotopic (exact) mass is 285 g/mol. The van der Waals surface area contributed by atoms with Gasteiger partial charge in [0.15, 0.2) is 6.08 Å². The number of halogens is 3. The smallest absolute Gasteiger partial charge is 0.425 e. The molecule has 1 aliphatic rings. The lowest BCUT2D eigenvalue weighted by molar-refractivity contribution is -0.200. The third kappa shape index (κ3) is 4.56. The summed E-state index contributed by atoms with van der Waals surface area (Å²) in [5.41, 5.74) is -0.405. The summed E-state index contributed by atoms with van der Waals surface area (Å²) >= 11 is 0.